The summed E-state index contributed by atoms with van der Waals surface area (Å²) in [5, 5.41) is 0.372. The van der Waals surface area contributed by atoms with Crippen molar-refractivity contribution in [3.05, 3.63) is 47.5 Å². The van der Waals surface area contributed by atoms with Gasteiger partial charge in [-0.2, -0.15) is 0 Å². The van der Waals surface area contributed by atoms with E-state index in [1.54, 1.807) is 6.07 Å². The lowest BCUT2D eigenvalue weighted by Crippen LogP contribution is -2.39. The van der Waals surface area contributed by atoms with Gasteiger partial charge in [0.05, 0.1) is 10.2 Å². The number of hydrogen-bond donors (Lipinski definition) is 0. The normalized spacial score (nSPS) is 13.1. The Morgan fingerprint density at radius 2 is 1.71 bits per heavy atom. The number of carbonyl (C=O) groups excluding carboxylic acids is 1. The number of ether oxygens (including phenoxy) is 2. The predicted octanol–water partition coefficient (Wildman–Crippen LogP) is 4.33. The summed E-state index contributed by atoms with van der Waals surface area (Å²) in [6.07, 6.45) is 0. The van der Waals surface area contributed by atoms with Crippen LogP contribution in [0.2, 0.25) is 0 Å². The number of thiazole rings is 1. The van der Waals surface area contributed by atoms with E-state index in [2.05, 4.69) is 9.88 Å². The maximum Gasteiger partial charge on any atom is 0.266 e. The molecule has 31 heavy (non-hydrogen) atoms. The molecule has 0 bridgehead atoms. The molecule has 1 aliphatic rings. The molecular weight excluding hydrogens is 424 g/mol. The Morgan fingerprint density at radius 1 is 1.06 bits per heavy atom. The number of amides is 1. The molecule has 9 heteroatoms. The first-order valence-electron chi connectivity index (χ1n) is 10.2. The molecule has 1 amide bonds. The van der Waals surface area contributed by atoms with E-state index in [1.807, 2.05) is 19.9 Å². The van der Waals surface area contributed by atoms with Gasteiger partial charge in [0.15, 0.2) is 16.6 Å². The molecule has 0 aliphatic carbocycles. The minimum absolute atomic E-state index is 0.251. The van der Waals surface area contributed by atoms with Gasteiger partial charge < -0.3 is 14.4 Å². The Bertz CT molecular complexity index is 1040. The number of likely N-dealkylation sites (N-methyl/N-ethyl adjacent to an activating group) is 1. The third-order valence-electron chi connectivity index (χ3n) is 5.23. The predicted molar refractivity (Wildman–Crippen MR) is 116 cm³/mol. The van der Waals surface area contributed by atoms with E-state index in [9.17, 15) is 13.6 Å². The second-order valence-corrected chi connectivity index (χ2v) is 8.05. The molecular formula is C22H23F2N3O3S. The van der Waals surface area contributed by atoms with Crippen LogP contribution in [0, 0.1) is 11.6 Å². The molecule has 0 N–H and O–H groups in total. The molecule has 1 aliphatic heterocycles. The van der Waals surface area contributed by atoms with Gasteiger partial charge in [0, 0.05) is 25.2 Å². The number of nitrogens with zero attached hydrogens (tertiary/aromatic N) is 3. The lowest BCUT2D eigenvalue weighted by molar-refractivity contribution is 0.0975. The van der Waals surface area contributed by atoms with E-state index in [0.717, 1.165) is 29.9 Å². The average molecular weight is 448 g/mol. The van der Waals surface area contributed by atoms with Crippen molar-refractivity contribution in [2.24, 2.45) is 0 Å². The van der Waals surface area contributed by atoms with Gasteiger partial charge in [-0.25, -0.2) is 13.8 Å². The van der Waals surface area contributed by atoms with Crippen LogP contribution in [0.25, 0.3) is 10.2 Å². The fraction of sp³-hybridized carbons (Fsp3) is 0.364. The monoisotopic (exact) mass is 447 g/mol. The van der Waals surface area contributed by atoms with Crippen molar-refractivity contribution >= 4 is 32.6 Å². The smallest absolute Gasteiger partial charge is 0.266 e. The molecule has 0 radical (unpaired) electrons. The van der Waals surface area contributed by atoms with Crippen LogP contribution in [0.3, 0.4) is 0 Å². The van der Waals surface area contributed by atoms with E-state index >= 15 is 0 Å². The van der Waals surface area contributed by atoms with Crippen molar-refractivity contribution in [3.8, 4) is 11.5 Å². The van der Waals surface area contributed by atoms with Crippen molar-refractivity contribution in [1.29, 1.82) is 0 Å². The van der Waals surface area contributed by atoms with Gasteiger partial charge in [-0.15, -0.1) is 0 Å². The molecule has 0 saturated heterocycles. The number of aromatic nitrogens is 1. The van der Waals surface area contributed by atoms with Crippen molar-refractivity contribution in [2.45, 2.75) is 13.8 Å². The highest BCUT2D eigenvalue weighted by molar-refractivity contribution is 7.22. The zero-order valence-corrected chi connectivity index (χ0v) is 18.2. The highest BCUT2D eigenvalue weighted by Gasteiger charge is 2.27. The summed E-state index contributed by atoms with van der Waals surface area (Å²) in [7, 11) is 0. The zero-order chi connectivity index (χ0) is 22.0. The molecule has 0 fully saturated rings. The largest absolute Gasteiger partial charge is 0.486 e. The molecule has 164 valence electrons. The van der Waals surface area contributed by atoms with Crippen molar-refractivity contribution < 1.29 is 23.0 Å². The highest BCUT2D eigenvalue weighted by Crippen LogP contribution is 2.39. The van der Waals surface area contributed by atoms with Crippen molar-refractivity contribution in [2.75, 3.05) is 44.3 Å². The van der Waals surface area contributed by atoms with Gasteiger partial charge in [-0.1, -0.05) is 31.3 Å². The Hall–Kier alpha value is -2.78. The van der Waals surface area contributed by atoms with Gasteiger partial charge in [0.2, 0.25) is 0 Å². The van der Waals surface area contributed by atoms with Crippen LogP contribution < -0.4 is 14.4 Å². The number of halogens is 2. The quantitative estimate of drug-likeness (QED) is 0.540. The Balaban J connectivity index is 1.73. The Kier molecular flexibility index (Phi) is 6.33. The number of rotatable bonds is 7. The van der Waals surface area contributed by atoms with Crippen LogP contribution >= 0.6 is 11.3 Å². The molecule has 0 atom stereocenters. The van der Waals surface area contributed by atoms with Gasteiger partial charge in [-0.3, -0.25) is 9.69 Å². The Labute approximate surface area is 183 Å². The maximum absolute atomic E-state index is 14.4. The van der Waals surface area contributed by atoms with Crippen LogP contribution in [-0.2, 0) is 0 Å². The van der Waals surface area contributed by atoms with Crippen molar-refractivity contribution in [3.63, 3.8) is 0 Å². The summed E-state index contributed by atoms with van der Waals surface area (Å²) in [4.78, 5) is 21.3. The fourth-order valence-corrected chi connectivity index (χ4v) is 4.47. The first-order valence-corrected chi connectivity index (χ1v) is 11.0. The van der Waals surface area contributed by atoms with E-state index < -0.39 is 23.1 Å². The summed E-state index contributed by atoms with van der Waals surface area (Å²) in [5.41, 5.74) is 0.0613. The minimum Gasteiger partial charge on any atom is -0.486 e. The fourth-order valence-electron chi connectivity index (χ4n) is 3.47. The van der Waals surface area contributed by atoms with Crippen LogP contribution in [-0.4, -0.2) is 55.2 Å². The summed E-state index contributed by atoms with van der Waals surface area (Å²) in [6.45, 7) is 7.36. The molecule has 2 heterocycles. The number of fused-ring (bicyclic) bond motifs is 2. The standard InChI is InChI=1S/C22H23F2N3O3S/c1-3-26(4-2)8-9-27(21(28)20-14(23)6-5-7-15(20)24)22-25-16-12-17-18(13-19(16)31-22)30-11-10-29-17/h5-7,12-13H,3-4,8-11H2,1-2H3. The Morgan fingerprint density at radius 3 is 2.35 bits per heavy atom. The third-order valence-corrected chi connectivity index (χ3v) is 6.27. The number of hydrogen-bond acceptors (Lipinski definition) is 6. The molecule has 0 saturated carbocycles. The molecule has 3 aromatic rings. The van der Waals surface area contributed by atoms with E-state index in [1.165, 1.54) is 22.3 Å². The SMILES string of the molecule is CCN(CC)CCN(C(=O)c1c(F)cccc1F)c1nc2cc3c(cc2s1)OCCO3. The van der Waals surface area contributed by atoms with Gasteiger partial charge >= 0.3 is 0 Å². The van der Waals surface area contributed by atoms with Crippen LogP contribution in [0.1, 0.15) is 24.2 Å². The zero-order valence-electron chi connectivity index (χ0n) is 17.4. The lowest BCUT2D eigenvalue weighted by Gasteiger charge is -2.25. The second-order valence-electron chi connectivity index (χ2n) is 7.04. The number of anilines is 1. The minimum atomic E-state index is -0.892. The first-order chi connectivity index (χ1) is 15.0. The second kappa shape index (κ2) is 9.15. The van der Waals surface area contributed by atoms with Crippen LogP contribution in [0.4, 0.5) is 13.9 Å². The van der Waals surface area contributed by atoms with Crippen LogP contribution in [0.15, 0.2) is 30.3 Å². The topological polar surface area (TPSA) is 54.9 Å². The third kappa shape index (κ3) is 4.33. The van der Waals surface area contributed by atoms with Crippen molar-refractivity contribution in [1.82, 2.24) is 9.88 Å². The van der Waals surface area contributed by atoms with Gasteiger partial charge in [0.25, 0.3) is 5.91 Å². The van der Waals surface area contributed by atoms with Gasteiger partial charge in [-0.05, 0) is 25.2 Å². The average Bonchev–Trinajstić information content (AvgIpc) is 3.17. The van der Waals surface area contributed by atoms with E-state index in [-0.39, 0.29) is 6.54 Å². The van der Waals surface area contributed by atoms with Gasteiger partial charge in [0.1, 0.15) is 30.4 Å². The molecule has 2 aromatic carbocycles. The van der Waals surface area contributed by atoms with E-state index in [4.69, 9.17) is 9.47 Å². The summed E-state index contributed by atoms with van der Waals surface area (Å²) >= 11 is 1.27. The van der Waals surface area contributed by atoms with Crippen LogP contribution in [0.5, 0.6) is 11.5 Å². The first kappa shape index (κ1) is 21.5. The number of benzene rings is 2. The molecule has 6 nitrogen and oxygen atoms in total. The molecule has 0 spiro atoms. The molecule has 0 unspecified atom stereocenters. The number of carbonyl (C=O) groups is 1. The molecule has 4 rings (SSSR count). The summed E-state index contributed by atoms with van der Waals surface area (Å²) < 4.78 is 40.8. The highest BCUT2D eigenvalue weighted by atomic mass is 32.1. The summed E-state index contributed by atoms with van der Waals surface area (Å²) in [5.74, 6) is -1.32. The lowest BCUT2D eigenvalue weighted by atomic mass is 10.1. The molecule has 1 aromatic heterocycles. The summed E-state index contributed by atoms with van der Waals surface area (Å²) in [6, 6.07) is 6.99. The van der Waals surface area contributed by atoms with E-state index in [0.29, 0.717) is 41.9 Å². The maximum atomic E-state index is 14.4.